The average molecular weight is 266 g/mol. The Morgan fingerprint density at radius 1 is 1.26 bits per heavy atom. The Labute approximate surface area is 114 Å². The lowest BCUT2D eigenvalue weighted by Crippen LogP contribution is -2.35. The van der Waals surface area contributed by atoms with E-state index in [2.05, 4.69) is 5.32 Å². The zero-order valence-electron chi connectivity index (χ0n) is 11.3. The zero-order valence-corrected chi connectivity index (χ0v) is 11.3. The molecule has 106 valence electrons. The second kappa shape index (κ2) is 9.49. The van der Waals surface area contributed by atoms with Gasteiger partial charge in [0.05, 0.1) is 13.2 Å². The Morgan fingerprint density at radius 2 is 2.00 bits per heavy atom. The van der Waals surface area contributed by atoms with Crippen LogP contribution in [0.5, 0.6) is 0 Å². The van der Waals surface area contributed by atoms with Crippen molar-refractivity contribution < 1.29 is 14.3 Å². The van der Waals surface area contributed by atoms with Crippen molar-refractivity contribution in [1.82, 2.24) is 5.32 Å². The molecule has 0 aliphatic heterocycles. The molecule has 0 aliphatic carbocycles. The molecule has 0 radical (unpaired) electrons. The molecule has 1 aromatic rings. The van der Waals surface area contributed by atoms with Crippen LogP contribution in [0.2, 0.25) is 0 Å². The van der Waals surface area contributed by atoms with E-state index in [4.69, 9.17) is 15.2 Å². The maximum absolute atomic E-state index is 11.8. The Balaban J connectivity index is 2.14. The third-order valence-electron chi connectivity index (χ3n) is 2.64. The van der Waals surface area contributed by atoms with Gasteiger partial charge in [-0.2, -0.15) is 0 Å². The van der Waals surface area contributed by atoms with E-state index in [9.17, 15) is 4.79 Å². The summed E-state index contributed by atoms with van der Waals surface area (Å²) in [5.74, 6) is -0.164. The van der Waals surface area contributed by atoms with Crippen LogP contribution in [0.3, 0.4) is 0 Å². The summed E-state index contributed by atoms with van der Waals surface area (Å²) in [6, 6.07) is 8.70. The minimum Gasteiger partial charge on any atom is -0.382 e. The van der Waals surface area contributed by atoms with Crippen molar-refractivity contribution in [1.29, 1.82) is 0 Å². The molecule has 1 rings (SSSR count). The van der Waals surface area contributed by atoms with Gasteiger partial charge in [0.1, 0.15) is 6.04 Å². The van der Waals surface area contributed by atoms with Crippen LogP contribution < -0.4 is 11.1 Å². The van der Waals surface area contributed by atoms with Crippen LogP contribution in [0.25, 0.3) is 0 Å². The molecule has 1 aromatic carbocycles. The fourth-order valence-electron chi connectivity index (χ4n) is 1.55. The predicted molar refractivity (Wildman–Crippen MR) is 73.7 cm³/mol. The molecule has 0 unspecified atom stereocenters. The standard InChI is InChI=1S/C14H22N2O3/c1-18-10-11-19-9-5-8-16-14(17)13(15)12-6-3-2-4-7-12/h2-4,6-7,13H,5,8-11,15H2,1H3,(H,16,17)/t13-/m1/s1. The van der Waals surface area contributed by atoms with Gasteiger partial charge in [0.15, 0.2) is 0 Å². The monoisotopic (exact) mass is 266 g/mol. The van der Waals surface area contributed by atoms with Crippen LogP contribution in [-0.2, 0) is 14.3 Å². The van der Waals surface area contributed by atoms with Gasteiger partial charge in [-0.05, 0) is 12.0 Å². The first-order valence-corrected chi connectivity index (χ1v) is 6.40. The van der Waals surface area contributed by atoms with Gasteiger partial charge in [0.25, 0.3) is 0 Å². The van der Waals surface area contributed by atoms with Crippen molar-refractivity contribution >= 4 is 5.91 Å². The maximum Gasteiger partial charge on any atom is 0.241 e. The number of nitrogens with one attached hydrogen (secondary N) is 1. The highest BCUT2D eigenvalue weighted by molar-refractivity contribution is 5.82. The normalized spacial score (nSPS) is 12.1. The Hall–Kier alpha value is -1.43. The van der Waals surface area contributed by atoms with Gasteiger partial charge in [-0.3, -0.25) is 4.79 Å². The molecule has 1 amide bonds. The number of methoxy groups -OCH3 is 1. The first-order valence-electron chi connectivity index (χ1n) is 6.40. The smallest absolute Gasteiger partial charge is 0.241 e. The van der Waals surface area contributed by atoms with Gasteiger partial charge in [-0.15, -0.1) is 0 Å². The number of ether oxygens (including phenoxy) is 2. The molecule has 0 saturated carbocycles. The quantitative estimate of drug-likeness (QED) is 0.650. The first kappa shape index (κ1) is 15.6. The fourth-order valence-corrected chi connectivity index (χ4v) is 1.55. The van der Waals surface area contributed by atoms with Crippen LogP contribution in [-0.4, -0.2) is 39.4 Å². The number of rotatable bonds is 9. The lowest BCUT2D eigenvalue weighted by Gasteiger charge is -2.12. The van der Waals surface area contributed by atoms with E-state index in [0.717, 1.165) is 12.0 Å². The van der Waals surface area contributed by atoms with Crippen molar-refractivity contribution in [3.8, 4) is 0 Å². The van der Waals surface area contributed by atoms with Crippen molar-refractivity contribution in [2.75, 3.05) is 33.5 Å². The molecule has 0 fully saturated rings. The van der Waals surface area contributed by atoms with E-state index in [1.54, 1.807) is 7.11 Å². The molecule has 0 saturated heterocycles. The average Bonchev–Trinajstić information content (AvgIpc) is 2.46. The van der Waals surface area contributed by atoms with E-state index in [0.29, 0.717) is 26.4 Å². The largest absolute Gasteiger partial charge is 0.382 e. The minimum absolute atomic E-state index is 0.164. The molecule has 0 aliphatic rings. The van der Waals surface area contributed by atoms with Crippen molar-refractivity contribution in [2.24, 2.45) is 5.73 Å². The van der Waals surface area contributed by atoms with Gasteiger partial charge in [0, 0.05) is 20.3 Å². The maximum atomic E-state index is 11.8. The van der Waals surface area contributed by atoms with E-state index in [1.807, 2.05) is 30.3 Å². The van der Waals surface area contributed by atoms with E-state index in [-0.39, 0.29) is 5.91 Å². The summed E-state index contributed by atoms with van der Waals surface area (Å²) in [6.07, 6.45) is 0.761. The summed E-state index contributed by atoms with van der Waals surface area (Å²) in [4.78, 5) is 11.8. The molecule has 5 heteroatoms. The van der Waals surface area contributed by atoms with Crippen LogP contribution in [0.15, 0.2) is 30.3 Å². The Kier molecular flexibility index (Phi) is 7.81. The van der Waals surface area contributed by atoms with E-state index >= 15 is 0 Å². The van der Waals surface area contributed by atoms with Gasteiger partial charge in [-0.25, -0.2) is 0 Å². The van der Waals surface area contributed by atoms with Crippen LogP contribution in [0.1, 0.15) is 18.0 Å². The summed E-state index contributed by atoms with van der Waals surface area (Å²) in [6.45, 7) is 2.33. The van der Waals surface area contributed by atoms with Crippen LogP contribution in [0, 0.1) is 0 Å². The van der Waals surface area contributed by atoms with Gasteiger partial charge >= 0.3 is 0 Å². The number of benzene rings is 1. The van der Waals surface area contributed by atoms with Crippen molar-refractivity contribution in [2.45, 2.75) is 12.5 Å². The van der Waals surface area contributed by atoms with Crippen LogP contribution >= 0.6 is 0 Å². The highest BCUT2D eigenvalue weighted by Gasteiger charge is 2.14. The number of carbonyl (C=O) groups is 1. The predicted octanol–water partition coefficient (Wildman–Crippen LogP) is 0.856. The Morgan fingerprint density at radius 3 is 2.68 bits per heavy atom. The zero-order chi connectivity index (χ0) is 13.9. The number of hydrogen-bond acceptors (Lipinski definition) is 4. The third-order valence-corrected chi connectivity index (χ3v) is 2.64. The Bertz CT molecular complexity index is 357. The van der Waals surface area contributed by atoms with Crippen molar-refractivity contribution in [3.05, 3.63) is 35.9 Å². The topological polar surface area (TPSA) is 73.6 Å². The van der Waals surface area contributed by atoms with Crippen molar-refractivity contribution in [3.63, 3.8) is 0 Å². The summed E-state index contributed by atoms with van der Waals surface area (Å²) < 4.78 is 10.1. The SMILES string of the molecule is COCCOCCCNC(=O)[C@H](N)c1ccccc1. The van der Waals surface area contributed by atoms with Gasteiger partial charge < -0.3 is 20.5 Å². The molecule has 0 aromatic heterocycles. The molecule has 0 heterocycles. The molecule has 0 bridgehead atoms. The van der Waals surface area contributed by atoms with E-state index < -0.39 is 6.04 Å². The summed E-state index contributed by atoms with van der Waals surface area (Å²) >= 11 is 0. The number of carbonyl (C=O) groups excluding carboxylic acids is 1. The molecule has 0 spiro atoms. The highest BCUT2D eigenvalue weighted by atomic mass is 16.5. The fraction of sp³-hybridized carbons (Fsp3) is 0.500. The minimum atomic E-state index is -0.615. The summed E-state index contributed by atoms with van der Waals surface area (Å²) in [7, 11) is 1.63. The van der Waals surface area contributed by atoms with Crippen LogP contribution in [0.4, 0.5) is 0 Å². The lowest BCUT2D eigenvalue weighted by molar-refractivity contribution is -0.122. The lowest BCUT2D eigenvalue weighted by atomic mass is 10.1. The number of hydrogen-bond donors (Lipinski definition) is 2. The molecular weight excluding hydrogens is 244 g/mol. The summed E-state index contributed by atoms with van der Waals surface area (Å²) in [5, 5.41) is 2.80. The highest BCUT2D eigenvalue weighted by Crippen LogP contribution is 2.08. The molecule has 5 nitrogen and oxygen atoms in total. The van der Waals surface area contributed by atoms with Gasteiger partial charge in [0.2, 0.25) is 5.91 Å². The van der Waals surface area contributed by atoms with Gasteiger partial charge in [-0.1, -0.05) is 30.3 Å². The second-order valence-electron chi connectivity index (χ2n) is 4.14. The third kappa shape index (κ3) is 6.33. The molecule has 3 N–H and O–H groups in total. The molecular formula is C14H22N2O3. The number of amides is 1. The molecule has 19 heavy (non-hydrogen) atoms. The number of nitrogens with two attached hydrogens (primary N) is 1. The molecule has 1 atom stereocenters. The summed E-state index contributed by atoms with van der Waals surface area (Å²) in [5.41, 5.74) is 6.68. The first-order chi connectivity index (χ1) is 9.25. The second-order valence-corrected chi connectivity index (χ2v) is 4.14. The van der Waals surface area contributed by atoms with E-state index in [1.165, 1.54) is 0 Å².